The number of halogens is 1. The topological polar surface area (TPSA) is 78.0 Å². The van der Waals surface area contributed by atoms with Gasteiger partial charge in [-0.25, -0.2) is 4.39 Å². The summed E-state index contributed by atoms with van der Waals surface area (Å²) in [6, 6.07) is 12.8. The molecule has 0 saturated carbocycles. The molecule has 3 rings (SSSR count). The fourth-order valence-electron chi connectivity index (χ4n) is 2.21. The molecule has 0 saturated heterocycles. The maximum atomic E-state index is 12.8. The van der Waals surface area contributed by atoms with Crippen LogP contribution in [-0.2, 0) is 0 Å². The Labute approximate surface area is 125 Å². The van der Waals surface area contributed by atoms with Crippen molar-refractivity contribution in [2.24, 2.45) is 0 Å². The molecule has 1 atom stereocenters. The zero-order valence-corrected chi connectivity index (χ0v) is 11.6. The first kappa shape index (κ1) is 14.2. The van der Waals surface area contributed by atoms with Crippen molar-refractivity contribution in [2.75, 3.05) is 6.54 Å². The van der Waals surface area contributed by atoms with E-state index in [2.05, 4.69) is 15.5 Å². The molecular formula is C16H14FN3O2. The normalized spacial score (nSPS) is 12.3. The third kappa shape index (κ3) is 2.82. The lowest BCUT2D eigenvalue weighted by Crippen LogP contribution is -2.28. The number of fused-ring (bicyclic) bond motifs is 1. The second kappa shape index (κ2) is 5.95. The highest BCUT2D eigenvalue weighted by Crippen LogP contribution is 2.16. The minimum atomic E-state index is -0.908. The third-order valence-corrected chi connectivity index (χ3v) is 3.40. The van der Waals surface area contributed by atoms with Crippen molar-refractivity contribution in [3.63, 3.8) is 0 Å². The molecule has 22 heavy (non-hydrogen) atoms. The summed E-state index contributed by atoms with van der Waals surface area (Å²) >= 11 is 0. The fourth-order valence-corrected chi connectivity index (χ4v) is 2.21. The summed E-state index contributed by atoms with van der Waals surface area (Å²) in [5, 5.41) is 20.1. The molecule has 0 bridgehead atoms. The van der Waals surface area contributed by atoms with Crippen LogP contribution in [-0.4, -0.2) is 27.8 Å². The van der Waals surface area contributed by atoms with E-state index in [1.807, 2.05) is 18.2 Å². The van der Waals surface area contributed by atoms with Gasteiger partial charge in [0, 0.05) is 11.9 Å². The van der Waals surface area contributed by atoms with E-state index in [-0.39, 0.29) is 24.0 Å². The molecule has 1 heterocycles. The van der Waals surface area contributed by atoms with E-state index in [1.54, 1.807) is 6.07 Å². The van der Waals surface area contributed by atoms with Crippen LogP contribution in [0.15, 0.2) is 48.5 Å². The Kier molecular flexibility index (Phi) is 3.84. The van der Waals surface area contributed by atoms with Crippen LogP contribution < -0.4 is 5.32 Å². The average molecular weight is 299 g/mol. The van der Waals surface area contributed by atoms with Crippen molar-refractivity contribution in [1.29, 1.82) is 0 Å². The lowest BCUT2D eigenvalue weighted by molar-refractivity contribution is 0.0913. The molecule has 1 aromatic heterocycles. The Bertz CT molecular complexity index is 799. The summed E-state index contributed by atoms with van der Waals surface area (Å²) in [4.78, 5) is 12.1. The van der Waals surface area contributed by atoms with Gasteiger partial charge in [0.25, 0.3) is 5.91 Å². The van der Waals surface area contributed by atoms with Crippen molar-refractivity contribution >= 4 is 16.8 Å². The van der Waals surface area contributed by atoms with E-state index in [9.17, 15) is 14.3 Å². The number of aliphatic hydroxyl groups is 1. The van der Waals surface area contributed by atoms with Gasteiger partial charge in [-0.3, -0.25) is 9.89 Å². The second-order valence-corrected chi connectivity index (χ2v) is 4.90. The van der Waals surface area contributed by atoms with Gasteiger partial charge >= 0.3 is 0 Å². The van der Waals surface area contributed by atoms with Gasteiger partial charge in [-0.15, -0.1) is 0 Å². The van der Waals surface area contributed by atoms with E-state index < -0.39 is 6.10 Å². The number of carbonyl (C=O) groups is 1. The quantitative estimate of drug-likeness (QED) is 0.691. The van der Waals surface area contributed by atoms with Crippen LogP contribution in [0, 0.1) is 5.82 Å². The first-order chi connectivity index (χ1) is 10.6. The number of carbonyl (C=O) groups excluding carboxylic acids is 1. The van der Waals surface area contributed by atoms with E-state index >= 15 is 0 Å². The molecule has 0 aliphatic heterocycles. The molecule has 112 valence electrons. The van der Waals surface area contributed by atoms with Crippen LogP contribution in [0.5, 0.6) is 0 Å². The first-order valence-corrected chi connectivity index (χ1v) is 6.80. The molecule has 0 fully saturated rings. The summed E-state index contributed by atoms with van der Waals surface area (Å²) in [6.07, 6.45) is -0.908. The smallest absolute Gasteiger partial charge is 0.272 e. The van der Waals surface area contributed by atoms with Gasteiger partial charge < -0.3 is 10.4 Å². The van der Waals surface area contributed by atoms with E-state index in [0.717, 1.165) is 10.9 Å². The molecule has 0 radical (unpaired) electrons. The highest BCUT2D eigenvalue weighted by molar-refractivity contribution is 6.04. The van der Waals surface area contributed by atoms with Crippen molar-refractivity contribution in [2.45, 2.75) is 6.10 Å². The number of benzene rings is 2. The minimum Gasteiger partial charge on any atom is -0.387 e. The molecule has 0 spiro atoms. The third-order valence-electron chi connectivity index (χ3n) is 3.40. The lowest BCUT2D eigenvalue weighted by atomic mass is 10.1. The van der Waals surface area contributed by atoms with Crippen LogP contribution in [0.1, 0.15) is 22.2 Å². The minimum absolute atomic E-state index is 0.0195. The van der Waals surface area contributed by atoms with Crippen molar-refractivity contribution < 1.29 is 14.3 Å². The monoisotopic (exact) mass is 299 g/mol. The van der Waals surface area contributed by atoms with Gasteiger partial charge in [0.2, 0.25) is 0 Å². The predicted octanol–water partition coefficient (Wildman–Crippen LogP) is 2.17. The lowest BCUT2D eigenvalue weighted by Gasteiger charge is -2.11. The summed E-state index contributed by atoms with van der Waals surface area (Å²) in [7, 11) is 0. The van der Waals surface area contributed by atoms with Crippen LogP contribution in [0.4, 0.5) is 4.39 Å². The van der Waals surface area contributed by atoms with Gasteiger partial charge in [0.1, 0.15) is 5.82 Å². The number of H-pyrrole nitrogens is 1. The molecule has 1 amide bonds. The molecule has 5 nitrogen and oxygen atoms in total. The van der Waals surface area contributed by atoms with Crippen LogP contribution in [0.2, 0.25) is 0 Å². The maximum absolute atomic E-state index is 12.8. The Balaban J connectivity index is 1.68. The first-order valence-electron chi connectivity index (χ1n) is 6.80. The molecule has 0 aliphatic rings. The molecule has 1 unspecified atom stereocenters. The number of nitrogens with one attached hydrogen (secondary N) is 2. The predicted molar refractivity (Wildman–Crippen MR) is 79.8 cm³/mol. The van der Waals surface area contributed by atoms with Crippen LogP contribution in [0.3, 0.4) is 0 Å². The Morgan fingerprint density at radius 2 is 1.95 bits per heavy atom. The summed E-state index contributed by atoms with van der Waals surface area (Å²) < 4.78 is 12.8. The van der Waals surface area contributed by atoms with Gasteiger partial charge in [0.05, 0.1) is 11.6 Å². The summed E-state index contributed by atoms with van der Waals surface area (Å²) in [6.45, 7) is 0.0195. The molecular weight excluding hydrogens is 285 g/mol. The second-order valence-electron chi connectivity index (χ2n) is 4.90. The molecule has 3 aromatic rings. The van der Waals surface area contributed by atoms with Gasteiger partial charge in [-0.05, 0) is 23.8 Å². The largest absolute Gasteiger partial charge is 0.387 e. The SMILES string of the molecule is O=C(NCC(O)c1ccc(F)cc1)c1n[nH]c2ccccc12. The molecule has 6 heteroatoms. The molecule has 0 aliphatic carbocycles. The van der Waals surface area contributed by atoms with E-state index in [1.165, 1.54) is 24.3 Å². The number of aliphatic hydroxyl groups excluding tert-OH is 1. The number of hydrogen-bond donors (Lipinski definition) is 3. The Morgan fingerprint density at radius 1 is 1.23 bits per heavy atom. The van der Waals surface area contributed by atoms with Crippen molar-refractivity contribution in [1.82, 2.24) is 15.5 Å². The average Bonchev–Trinajstić information content (AvgIpc) is 2.97. The van der Waals surface area contributed by atoms with Gasteiger partial charge in [-0.1, -0.05) is 30.3 Å². The van der Waals surface area contributed by atoms with Crippen molar-refractivity contribution in [3.8, 4) is 0 Å². The number of aromatic amines is 1. The zero-order valence-electron chi connectivity index (χ0n) is 11.6. The molecule has 2 aromatic carbocycles. The van der Waals surface area contributed by atoms with E-state index in [0.29, 0.717) is 5.56 Å². The number of aromatic nitrogens is 2. The Hall–Kier alpha value is -2.73. The van der Waals surface area contributed by atoms with Crippen LogP contribution in [0.25, 0.3) is 10.9 Å². The van der Waals surface area contributed by atoms with E-state index in [4.69, 9.17) is 0 Å². The summed E-state index contributed by atoms with van der Waals surface area (Å²) in [5.41, 5.74) is 1.59. The number of rotatable bonds is 4. The van der Waals surface area contributed by atoms with Crippen molar-refractivity contribution in [3.05, 3.63) is 65.6 Å². The highest BCUT2D eigenvalue weighted by Gasteiger charge is 2.15. The maximum Gasteiger partial charge on any atom is 0.272 e. The Morgan fingerprint density at radius 3 is 2.73 bits per heavy atom. The van der Waals surface area contributed by atoms with Crippen LogP contribution >= 0.6 is 0 Å². The zero-order chi connectivity index (χ0) is 15.5. The number of hydrogen-bond acceptors (Lipinski definition) is 3. The van der Waals surface area contributed by atoms with Gasteiger partial charge in [0.15, 0.2) is 5.69 Å². The van der Waals surface area contributed by atoms with Gasteiger partial charge in [-0.2, -0.15) is 5.10 Å². The number of para-hydroxylation sites is 1. The highest BCUT2D eigenvalue weighted by atomic mass is 19.1. The number of nitrogens with zero attached hydrogens (tertiary/aromatic N) is 1. The summed E-state index contributed by atoms with van der Waals surface area (Å²) in [5.74, 6) is -0.749. The fraction of sp³-hybridized carbons (Fsp3) is 0.125. The standard InChI is InChI=1S/C16H14FN3O2/c17-11-7-5-10(6-8-11)14(21)9-18-16(22)15-12-3-1-2-4-13(12)19-20-15/h1-8,14,21H,9H2,(H,18,22)(H,19,20). The number of amides is 1. The molecule has 3 N–H and O–H groups in total.